The zero-order valence-corrected chi connectivity index (χ0v) is 10.6. The molecule has 104 valence electrons. The van der Waals surface area contributed by atoms with Crippen LogP contribution in [0, 0.1) is 17.5 Å². The molecule has 0 N–H and O–H groups in total. The second-order valence-corrected chi connectivity index (χ2v) is 4.13. The first-order valence-electron chi connectivity index (χ1n) is 5.83. The second kappa shape index (κ2) is 5.77. The first-order chi connectivity index (χ1) is 9.54. The van der Waals surface area contributed by atoms with E-state index >= 15 is 0 Å². The van der Waals surface area contributed by atoms with Crippen LogP contribution in [0.25, 0.3) is 0 Å². The standard InChI is InChI=1S/C15H11F3O2/c1-20-13-7-2-4-9(15(13)18)8-12(19)14-10(16)5-3-6-11(14)17/h2-7H,8H2,1H3. The Morgan fingerprint density at radius 3 is 2.25 bits per heavy atom. The van der Waals surface area contributed by atoms with Gasteiger partial charge < -0.3 is 4.74 Å². The van der Waals surface area contributed by atoms with Gasteiger partial charge in [0.1, 0.15) is 11.6 Å². The number of benzene rings is 2. The number of methoxy groups -OCH3 is 1. The minimum atomic E-state index is -0.960. The summed E-state index contributed by atoms with van der Waals surface area (Å²) in [5.41, 5.74) is -0.633. The summed E-state index contributed by atoms with van der Waals surface area (Å²) in [7, 11) is 1.29. The van der Waals surface area contributed by atoms with E-state index in [9.17, 15) is 18.0 Å². The maximum atomic E-state index is 13.9. The van der Waals surface area contributed by atoms with E-state index in [1.54, 1.807) is 0 Å². The quantitative estimate of drug-likeness (QED) is 0.801. The molecular formula is C15H11F3O2. The average Bonchev–Trinajstić information content (AvgIpc) is 2.41. The Balaban J connectivity index is 2.33. The maximum Gasteiger partial charge on any atom is 0.173 e. The van der Waals surface area contributed by atoms with Gasteiger partial charge in [0, 0.05) is 6.42 Å². The summed E-state index contributed by atoms with van der Waals surface area (Å²) in [4.78, 5) is 11.9. The minimum Gasteiger partial charge on any atom is -0.494 e. The molecule has 2 aromatic carbocycles. The normalized spacial score (nSPS) is 10.4. The van der Waals surface area contributed by atoms with Crippen LogP contribution in [-0.2, 0) is 6.42 Å². The Kier molecular flexibility index (Phi) is 4.08. The van der Waals surface area contributed by atoms with E-state index in [4.69, 9.17) is 4.74 Å². The Hall–Kier alpha value is -2.30. The zero-order chi connectivity index (χ0) is 14.7. The molecule has 0 amide bonds. The molecule has 5 heteroatoms. The lowest BCUT2D eigenvalue weighted by Gasteiger charge is -2.08. The predicted octanol–water partition coefficient (Wildman–Crippen LogP) is 3.54. The molecule has 0 aliphatic rings. The number of ketones is 1. The average molecular weight is 280 g/mol. The fourth-order valence-corrected chi connectivity index (χ4v) is 1.88. The third-order valence-electron chi connectivity index (χ3n) is 2.86. The molecular weight excluding hydrogens is 269 g/mol. The topological polar surface area (TPSA) is 26.3 Å². The van der Waals surface area contributed by atoms with Crippen LogP contribution in [0.15, 0.2) is 36.4 Å². The molecule has 0 fully saturated rings. The lowest BCUT2D eigenvalue weighted by atomic mass is 10.0. The molecule has 2 nitrogen and oxygen atoms in total. The van der Waals surface area contributed by atoms with Gasteiger partial charge in [-0.15, -0.1) is 0 Å². The molecule has 2 rings (SSSR count). The Morgan fingerprint density at radius 1 is 1.05 bits per heavy atom. The van der Waals surface area contributed by atoms with Crippen molar-refractivity contribution in [1.29, 1.82) is 0 Å². The number of rotatable bonds is 4. The number of Topliss-reactive ketones (excluding diaryl/α,β-unsaturated/α-hetero) is 1. The van der Waals surface area contributed by atoms with Crippen molar-refractivity contribution in [2.75, 3.05) is 7.11 Å². The zero-order valence-electron chi connectivity index (χ0n) is 10.6. The van der Waals surface area contributed by atoms with Crippen molar-refractivity contribution >= 4 is 5.78 Å². The molecule has 0 aromatic heterocycles. The highest BCUT2D eigenvalue weighted by Crippen LogP contribution is 2.22. The van der Waals surface area contributed by atoms with Crippen LogP contribution < -0.4 is 4.74 Å². The summed E-state index contributed by atoms with van der Waals surface area (Å²) in [5.74, 6) is -3.48. The summed E-state index contributed by atoms with van der Waals surface area (Å²) in [6.07, 6.45) is -0.444. The number of carbonyl (C=O) groups is 1. The van der Waals surface area contributed by atoms with Gasteiger partial charge in [-0.05, 0) is 23.8 Å². The van der Waals surface area contributed by atoms with Crippen LogP contribution in [-0.4, -0.2) is 12.9 Å². The van der Waals surface area contributed by atoms with Gasteiger partial charge in [0.05, 0.1) is 12.7 Å². The van der Waals surface area contributed by atoms with Crippen molar-refractivity contribution < 1.29 is 22.7 Å². The van der Waals surface area contributed by atoms with Crippen molar-refractivity contribution in [3.05, 3.63) is 65.0 Å². The van der Waals surface area contributed by atoms with Gasteiger partial charge in [0.2, 0.25) is 0 Å². The van der Waals surface area contributed by atoms with Gasteiger partial charge in [0.15, 0.2) is 17.3 Å². The van der Waals surface area contributed by atoms with E-state index in [1.165, 1.54) is 25.3 Å². The highest BCUT2D eigenvalue weighted by Gasteiger charge is 2.19. The van der Waals surface area contributed by atoms with E-state index in [0.29, 0.717) is 0 Å². The van der Waals surface area contributed by atoms with Crippen LogP contribution >= 0.6 is 0 Å². The summed E-state index contributed by atoms with van der Waals surface area (Å²) >= 11 is 0. The molecule has 0 aliphatic carbocycles. The van der Waals surface area contributed by atoms with Crippen molar-refractivity contribution in [3.8, 4) is 5.75 Å². The van der Waals surface area contributed by atoms with Crippen molar-refractivity contribution in [3.63, 3.8) is 0 Å². The molecule has 0 unspecified atom stereocenters. The van der Waals surface area contributed by atoms with Gasteiger partial charge in [-0.1, -0.05) is 18.2 Å². The summed E-state index contributed by atoms with van der Waals surface area (Å²) in [6.45, 7) is 0. The van der Waals surface area contributed by atoms with Crippen LogP contribution in [0.5, 0.6) is 5.75 Å². The fraction of sp³-hybridized carbons (Fsp3) is 0.133. The number of hydrogen-bond donors (Lipinski definition) is 0. The Morgan fingerprint density at radius 2 is 1.65 bits per heavy atom. The highest BCUT2D eigenvalue weighted by atomic mass is 19.1. The predicted molar refractivity (Wildman–Crippen MR) is 67.3 cm³/mol. The van der Waals surface area contributed by atoms with Crippen molar-refractivity contribution in [2.45, 2.75) is 6.42 Å². The molecule has 0 spiro atoms. The molecule has 2 aromatic rings. The summed E-state index contributed by atoms with van der Waals surface area (Å²) < 4.78 is 45.6. The first kappa shape index (κ1) is 14.1. The molecule has 0 bridgehead atoms. The van der Waals surface area contributed by atoms with Gasteiger partial charge in [0.25, 0.3) is 0 Å². The van der Waals surface area contributed by atoms with Gasteiger partial charge in [-0.25, -0.2) is 13.2 Å². The fourth-order valence-electron chi connectivity index (χ4n) is 1.88. The Bertz CT molecular complexity index is 633. The molecule has 20 heavy (non-hydrogen) atoms. The highest BCUT2D eigenvalue weighted by molar-refractivity contribution is 5.98. The molecule has 0 aliphatic heterocycles. The van der Waals surface area contributed by atoms with Crippen molar-refractivity contribution in [1.82, 2.24) is 0 Å². The monoisotopic (exact) mass is 280 g/mol. The Labute approximate surface area is 113 Å². The van der Waals surface area contributed by atoms with E-state index < -0.39 is 35.2 Å². The van der Waals surface area contributed by atoms with Crippen LogP contribution in [0.1, 0.15) is 15.9 Å². The van der Waals surface area contributed by atoms with Gasteiger partial charge in [-0.2, -0.15) is 0 Å². The van der Waals surface area contributed by atoms with E-state index in [0.717, 1.165) is 18.2 Å². The van der Waals surface area contributed by atoms with E-state index in [-0.39, 0.29) is 11.3 Å². The second-order valence-electron chi connectivity index (χ2n) is 4.13. The number of ether oxygens (including phenoxy) is 1. The molecule has 0 saturated carbocycles. The molecule has 0 atom stereocenters. The third-order valence-corrected chi connectivity index (χ3v) is 2.86. The summed E-state index contributed by atoms with van der Waals surface area (Å²) in [6, 6.07) is 7.40. The largest absolute Gasteiger partial charge is 0.494 e. The number of hydrogen-bond acceptors (Lipinski definition) is 2. The van der Waals surface area contributed by atoms with E-state index in [2.05, 4.69) is 0 Å². The van der Waals surface area contributed by atoms with Crippen LogP contribution in [0.4, 0.5) is 13.2 Å². The SMILES string of the molecule is COc1cccc(CC(=O)c2c(F)cccc2F)c1F. The van der Waals surface area contributed by atoms with Crippen molar-refractivity contribution in [2.24, 2.45) is 0 Å². The lowest BCUT2D eigenvalue weighted by molar-refractivity contribution is 0.0983. The number of halogens is 3. The molecule has 0 radical (unpaired) electrons. The lowest BCUT2D eigenvalue weighted by Crippen LogP contribution is -2.10. The molecule has 0 saturated heterocycles. The number of carbonyl (C=O) groups excluding carboxylic acids is 1. The smallest absolute Gasteiger partial charge is 0.173 e. The minimum absolute atomic E-state index is 0.0238. The first-order valence-corrected chi connectivity index (χ1v) is 5.83. The van der Waals surface area contributed by atoms with E-state index in [1.807, 2.05) is 0 Å². The third kappa shape index (κ3) is 2.66. The maximum absolute atomic E-state index is 13.9. The van der Waals surface area contributed by atoms with Crippen LogP contribution in [0.3, 0.4) is 0 Å². The van der Waals surface area contributed by atoms with Gasteiger partial charge >= 0.3 is 0 Å². The molecule has 0 heterocycles. The van der Waals surface area contributed by atoms with Crippen LogP contribution in [0.2, 0.25) is 0 Å². The summed E-state index contributed by atoms with van der Waals surface area (Å²) in [5, 5.41) is 0. The van der Waals surface area contributed by atoms with Gasteiger partial charge in [-0.3, -0.25) is 4.79 Å².